The minimum absolute atomic E-state index is 0.498. The lowest BCUT2D eigenvalue weighted by molar-refractivity contribution is 1.22. The van der Waals surface area contributed by atoms with E-state index in [9.17, 15) is 0 Å². The van der Waals surface area contributed by atoms with Crippen LogP contribution >= 0.6 is 70.5 Å². The molecular formula is C10H4Br3N7S2. The topological polar surface area (TPSA) is 103 Å². The molecule has 12 heteroatoms. The van der Waals surface area contributed by atoms with Crippen LogP contribution in [-0.2, 0) is 0 Å². The molecule has 0 aliphatic heterocycles. The van der Waals surface area contributed by atoms with Crippen molar-refractivity contribution in [2.24, 2.45) is 0 Å². The first-order valence-corrected chi connectivity index (χ1v) is 9.51. The predicted octanol–water partition coefficient (Wildman–Crippen LogP) is 4.04. The Kier molecular flexibility index (Phi) is 4.92. The standard InChI is InChI=1S/C5HBr2N3S.C5H3BrN4S/c2*6-2-1-8-3-4(9-2)11-5(7)10-3/h1H;1H,(H2,7,8,10). The highest BCUT2D eigenvalue weighted by Gasteiger charge is 2.03. The number of anilines is 1. The number of hydrogen-bond acceptors (Lipinski definition) is 9. The van der Waals surface area contributed by atoms with Crippen molar-refractivity contribution in [2.45, 2.75) is 0 Å². The van der Waals surface area contributed by atoms with Crippen LogP contribution in [0, 0.1) is 0 Å². The highest BCUT2D eigenvalue weighted by molar-refractivity contribution is 9.11. The van der Waals surface area contributed by atoms with Crippen molar-refractivity contribution in [1.82, 2.24) is 29.9 Å². The van der Waals surface area contributed by atoms with Crippen LogP contribution in [0.15, 0.2) is 25.5 Å². The summed E-state index contributed by atoms with van der Waals surface area (Å²) in [5, 5.41) is 0.498. The van der Waals surface area contributed by atoms with Crippen LogP contribution in [0.2, 0.25) is 0 Å². The van der Waals surface area contributed by atoms with Gasteiger partial charge >= 0.3 is 0 Å². The zero-order valence-corrected chi connectivity index (χ0v) is 16.8. The lowest BCUT2D eigenvalue weighted by atomic mass is 10.7. The van der Waals surface area contributed by atoms with E-state index in [4.69, 9.17) is 5.73 Å². The van der Waals surface area contributed by atoms with Crippen LogP contribution in [-0.4, -0.2) is 29.9 Å². The van der Waals surface area contributed by atoms with Gasteiger partial charge in [0.05, 0.1) is 12.4 Å². The minimum Gasteiger partial charge on any atom is -0.375 e. The molecule has 0 aliphatic rings. The van der Waals surface area contributed by atoms with Crippen molar-refractivity contribution in [1.29, 1.82) is 0 Å². The van der Waals surface area contributed by atoms with Crippen molar-refractivity contribution >= 4 is 96.6 Å². The van der Waals surface area contributed by atoms with Gasteiger partial charge in [-0.1, -0.05) is 22.7 Å². The van der Waals surface area contributed by atoms with E-state index < -0.39 is 0 Å². The summed E-state index contributed by atoms with van der Waals surface area (Å²) in [6.07, 6.45) is 3.23. The molecule has 0 aliphatic carbocycles. The van der Waals surface area contributed by atoms with E-state index in [1.807, 2.05) is 0 Å². The van der Waals surface area contributed by atoms with Crippen LogP contribution in [0.5, 0.6) is 0 Å². The molecule has 0 spiro atoms. The monoisotopic (exact) mass is 523 g/mol. The zero-order chi connectivity index (χ0) is 15.7. The van der Waals surface area contributed by atoms with Crippen molar-refractivity contribution in [3.8, 4) is 0 Å². The number of aromatic nitrogens is 6. The Morgan fingerprint density at radius 1 is 0.773 bits per heavy atom. The molecule has 0 atom stereocenters. The summed E-state index contributed by atoms with van der Waals surface area (Å²) in [6.45, 7) is 0. The van der Waals surface area contributed by atoms with Gasteiger partial charge in [0.1, 0.15) is 9.21 Å². The minimum atomic E-state index is 0.498. The van der Waals surface area contributed by atoms with E-state index in [1.165, 1.54) is 22.7 Å². The average molecular weight is 526 g/mol. The first-order chi connectivity index (χ1) is 10.5. The first-order valence-electron chi connectivity index (χ1n) is 5.50. The molecule has 22 heavy (non-hydrogen) atoms. The van der Waals surface area contributed by atoms with Gasteiger partial charge in [-0.05, 0) is 47.8 Å². The van der Waals surface area contributed by atoms with Gasteiger partial charge in [-0.15, -0.1) is 0 Å². The molecule has 2 N–H and O–H groups in total. The summed E-state index contributed by atoms with van der Waals surface area (Å²) in [7, 11) is 0. The molecule has 0 aromatic carbocycles. The third-order valence-electron chi connectivity index (χ3n) is 2.18. The average Bonchev–Trinajstić information content (AvgIpc) is 2.99. The Balaban J connectivity index is 0.000000131. The lowest BCUT2D eigenvalue weighted by Gasteiger charge is -1.85. The highest BCUT2D eigenvalue weighted by Crippen LogP contribution is 2.23. The molecule has 0 bridgehead atoms. The number of hydrogen-bond donors (Lipinski definition) is 1. The van der Waals surface area contributed by atoms with Gasteiger partial charge in [0, 0.05) is 0 Å². The van der Waals surface area contributed by atoms with E-state index in [2.05, 4.69) is 77.7 Å². The van der Waals surface area contributed by atoms with Gasteiger partial charge in [-0.3, -0.25) is 0 Å². The van der Waals surface area contributed by atoms with Crippen LogP contribution in [0.1, 0.15) is 0 Å². The van der Waals surface area contributed by atoms with Crippen molar-refractivity contribution < 1.29 is 0 Å². The molecule has 4 rings (SSSR count). The fraction of sp³-hybridized carbons (Fsp3) is 0. The van der Waals surface area contributed by atoms with Crippen LogP contribution in [0.3, 0.4) is 0 Å². The molecule has 0 fully saturated rings. The molecule has 0 unspecified atom stereocenters. The smallest absolute Gasteiger partial charge is 0.191 e. The Morgan fingerprint density at radius 3 is 1.95 bits per heavy atom. The maximum absolute atomic E-state index is 5.45. The fourth-order valence-electron chi connectivity index (χ4n) is 1.39. The molecule has 0 radical (unpaired) electrons. The normalized spacial score (nSPS) is 10.7. The number of fused-ring (bicyclic) bond motifs is 2. The summed E-state index contributed by atoms with van der Waals surface area (Å²) < 4.78 is 2.25. The van der Waals surface area contributed by atoms with Crippen LogP contribution < -0.4 is 5.73 Å². The molecule has 0 amide bonds. The highest BCUT2D eigenvalue weighted by atomic mass is 79.9. The van der Waals surface area contributed by atoms with E-state index in [-0.39, 0.29) is 0 Å². The van der Waals surface area contributed by atoms with Gasteiger partial charge in [0.15, 0.2) is 30.0 Å². The summed E-state index contributed by atoms with van der Waals surface area (Å²) in [5.41, 5.74) is 6.75. The predicted molar refractivity (Wildman–Crippen MR) is 97.9 cm³/mol. The van der Waals surface area contributed by atoms with Crippen molar-refractivity contribution in [3.63, 3.8) is 0 Å². The lowest BCUT2D eigenvalue weighted by Crippen LogP contribution is -1.82. The number of halogens is 3. The van der Waals surface area contributed by atoms with E-state index in [1.54, 1.807) is 12.4 Å². The summed E-state index contributed by atoms with van der Waals surface area (Å²) in [4.78, 5) is 26.0. The molecule has 4 aromatic rings. The second-order valence-electron chi connectivity index (χ2n) is 3.66. The van der Waals surface area contributed by atoms with E-state index in [0.29, 0.717) is 21.0 Å². The third kappa shape index (κ3) is 3.74. The largest absolute Gasteiger partial charge is 0.375 e. The quantitative estimate of drug-likeness (QED) is 0.369. The fourth-order valence-corrected chi connectivity index (χ4v) is 4.10. The number of nitrogens with zero attached hydrogens (tertiary/aromatic N) is 6. The van der Waals surface area contributed by atoms with Gasteiger partial charge in [-0.25, -0.2) is 24.9 Å². The molecule has 112 valence electrons. The van der Waals surface area contributed by atoms with Crippen LogP contribution in [0.25, 0.3) is 21.0 Å². The van der Waals surface area contributed by atoms with Crippen molar-refractivity contribution in [2.75, 3.05) is 5.73 Å². The molecule has 0 saturated carbocycles. The van der Waals surface area contributed by atoms with Crippen molar-refractivity contribution in [3.05, 3.63) is 25.5 Å². The maximum Gasteiger partial charge on any atom is 0.191 e. The van der Waals surface area contributed by atoms with Gasteiger partial charge in [0.2, 0.25) is 0 Å². The van der Waals surface area contributed by atoms with E-state index in [0.717, 1.165) is 18.2 Å². The summed E-state index contributed by atoms with van der Waals surface area (Å²) in [6, 6.07) is 0. The molecular weight excluding hydrogens is 522 g/mol. The Labute approximate surface area is 156 Å². The van der Waals surface area contributed by atoms with E-state index >= 15 is 0 Å². The molecule has 7 nitrogen and oxygen atoms in total. The Bertz CT molecular complexity index is 876. The van der Waals surface area contributed by atoms with Crippen LogP contribution in [0.4, 0.5) is 5.13 Å². The number of thiazole rings is 2. The second kappa shape index (κ2) is 6.74. The number of nitrogen functional groups attached to an aromatic ring is 1. The summed E-state index contributed by atoms with van der Waals surface area (Å²) >= 11 is 12.5. The zero-order valence-electron chi connectivity index (χ0n) is 10.4. The molecule has 4 aromatic heterocycles. The Morgan fingerprint density at radius 2 is 1.32 bits per heavy atom. The number of rotatable bonds is 0. The SMILES string of the molecule is Brc1cnc2nc(Br)sc2n1.Nc1nc2ncc(Br)nc2s1. The van der Waals surface area contributed by atoms with Gasteiger partial charge in [-0.2, -0.15) is 4.98 Å². The van der Waals surface area contributed by atoms with Gasteiger partial charge in [0.25, 0.3) is 0 Å². The summed E-state index contributed by atoms with van der Waals surface area (Å²) in [5.74, 6) is 0. The maximum atomic E-state index is 5.45. The second-order valence-corrected chi connectivity index (χ2v) is 8.55. The number of nitrogens with two attached hydrogens (primary N) is 1. The third-order valence-corrected chi connectivity index (χ3v) is 5.10. The molecule has 0 saturated heterocycles. The first kappa shape index (κ1) is 16.1. The Hall–Kier alpha value is -0.820. The van der Waals surface area contributed by atoms with Gasteiger partial charge < -0.3 is 5.73 Å². The molecule has 4 heterocycles.